The lowest BCUT2D eigenvalue weighted by atomic mass is 10.3. The number of aromatic amines is 1. The lowest BCUT2D eigenvalue weighted by Gasteiger charge is -2.05. The zero-order valence-corrected chi connectivity index (χ0v) is 10.4. The van der Waals surface area contributed by atoms with Crippen LogP contribution in [-0.4, -0.2) is 20.2 Å². The summed E-state index contributed by atoms with van der Waals surface area (Å²) in [5, 5.41) is 9.76. The van der Waals surface area contributed by atoms with E-state index < -0.39 is 0 Å². The van der Waals surface area contributed by atoms with Gasteiger partial charge in [-0.1, -0.05) is 18.2 Å². The zero-order chi connectivity index (χ0) is 13.8. The van der Waals surface area contributed by atoms with Crippen molar-refractivity contribution in [1.29, 1.82) is 0 Å². The van der Waals surface area contributed by atoms with Crippen molar-refractivity contribution in [3.8, 4) is 11.4 Å². The molecule has 0 amide bonds. The number of aromatic nitrogens is 4. The number of H-pyrrole nitrogens is 1. The predicted molar refractivity (Wildman–Crippen MR) is 75.6 cm³/mol. The van der Waals surface area contributed by atoms with Crippen molar-refractivity contribution < 1.29 is 0 Å². The molecular weight excluding hydrogens is 252 g/mol. The van der Waals surface area contributed by atoms with Crippen molar-refractivity contribution >= 4 is 17.3 Å². The fourth-order valence-electron chi connectivity index (χ4n) is 1.76. The Morgan fingerprint density at radius 2 is 2.00 bits per heavy atom. The SMILES string of the molecule is [C-]#[N+]c1cn[nH]c1-c1ccnc(Nc2ccccc2)n1. The molecule has 0 aliphatic rings. The maximum atomic E-state index is 7.09. The van der Waals surface area contributed by atoms with Crippen LogP contribution in [0.3, 0.4) is 0 Å². The van der Waals surface area contributed by atoms with Gasteiger partial charge in [-0.3, -0.25) is 5.10 Å². The number of nitrogens with zero attached hydrogens (tertiary/aromatic N) is 4. The van der Waals surface area contributed by atoms with E-state index >= 15 is 0 Å². The van der Waals surface area contributed by atoms with Crippen LogP contribution in [0.4, 0.5) is 17.3 Å². The van der Waals surface area contributed by atoms with Gasteiger partial charge in [0.2, 0.25) is 11.6 Å². The first-order valence-electron chi connectivity index (χ1n) is 5.93. The van der Waals surface area contributed by atoms with E-state index in [1.165, 1.54) is 6.20 Å². The van der Waals surface area contributed by atoms with E-state index in [2.05, 4.69) is 30.3 Å². The lowest BCUT2D eigenvalue weighted by Crippen LogP contribution is -1.97. The van der Waals surface area contributed by atoms with Crippen molar-refractivity contribution in [3.05, 3.63) is 60.2 Å². The van der Waals surface area contributed by atoms with Gasteiger partial charge in [0, 0.05) is 11.9 Å². The van der Waals surface area contributed by atoms with E-state index in [4.69, 9.17) is 6.57 Å². The minimum atomic E-state index is 0.439. The number of nitrogens with one attached hydrogen (secondary N) is 2. The average Bonchev–Trinajstić information content (AvgIpc) is 2.97. The van der Waals surface area contributed by atoms with Crippen molar-refractivity contribution in [3.63, 3.8) is 0 Å². The highest BCUT2D eigenvalue weighted by atomic mass is 15.1. The Morgan fingerprint density at radius 1 is 1.15 bits per heavy atom. The summed E-state index contributed by atoms with van der Waals surface area (Å²) in [6.07, 6.45) is 3.12. The Bertz CT molecular complexity index is 757. The fourth-order valence-corrected chi connectivity index (χ4v) is 1.76. The largest absolute Gasteiger partial charge is 0.324 e. The second-order valence-corrected chi connectivity index (χ2v) is 4.00. The van der Waals surface area contributed by atoms with Crippen LogP contribution in [0, 0.1) is 6.57 Å². The van der Waals surface area contributed by atoms with Gasteiger partial charge in [-0.15, -0.1) is 0 Å². The topological polar surface area (TPSA) is 70.8 Å². The van der Waals surface area contributed by atoms with Gasteiger partial charge in [0.25, 0.3) is 0 Å². The van der Waals surface area contributed by atoms with Crippen LogP contribution in [0.15, 0.2) is 48.8 Å². The molecule has 0 spiro atoms. The first kappa shape index (κ1) is 11.9. The van der Waals surface area contributed by atoms with Crippen LogP contribution in [-0.2, 0) is 0 Å². The van der Waals surface area contributed by atoms with E-state index in [9.17, 15) is 0 Å². The second-order valence-electron chi connectivity index (χ2n) is 4.00. The van der Waals surface area contributed by atoms with Gasteiger partial charge < -0.3 is 5.32 Å². The molecule has 6 nitrogen and oxygen atoms in total. The molecule has 6 heteroatoms. The Balaban J connectivity index is 1.93. The summed E-state index contributed by atoms with van der Waals surface area (Å²) < 4.78 is 0. The summed E-state index contributed by atoms with van der Waals surface area (Å²) in [7, 11) is 0. The molecule has 0 bridgehead atoms. The van der Waals surface area contributed by atoms with Crippen molar-refractivity contribution in [2.24, 2.45) is 0 Å². The average molecular weight is 262 g/mol. The molecule has 3 aromatic rings. The molecule has 20 heavy (non-hydrogen) atoms. The molecule has 0 fully saturated rings. The predicted octanol–water partition coefficient (Wildman–Crippen LogP) is 3.16. The van der Waals surface area contributed by atoms with Gasteiger partial charge in [0.05, 0.1) is 24.2 Å². The molecule has 0 radical (unpaired) electrons. The van der Waals surface area contributed by atoms with E-state index in [1.54, 1.807) is 12.3 Å². The number of hydrogen-bond acceptors (Lipinski definition) is 4. The summed E-state index contributed by atoms with van der Waals surface area (Å²) in [4.78, 5) is 11.9. The molecule has 0 aliphatic carbocycles. The maximum absolute atomic E-state index is 7.09. The number of hydrogen-bond donors (Lipinski definition) is 2. The van der Waals surface area contributed by atoms with E-state index in [0.29, 0.717) is 23.0 Å². The summed E-state index contributed by atoms with van der Waals surface area (Å²) in [6, 6.07) is 11.4. The van der Waals surface area contributed by atoms with Crippen LogP contribution in [0.25, 0.3) is 16.2 Å². The van der Waals surface area contributed by atoms with Crippen molar-refractivity contribution in [1.82, 2.24) is 20.2 Å². The molecule has 0 unspecified atom stereocenters. The fraction of sp³-hybridized carbons (Fsp3) is 0. The second kappa shape index (κ2) is 5.20. The summed E-state index contributed by atoms with van der Waals surface area (Å²) in [5.41, 5.74) is 2.56. The smallest absolute Gasteiger partial charge is 0.233 e. The maximum Gasteiger partial charge on any atom is 0.233 e. The van der Waals surface area contributed by atoms with Crippen LogP contribution in [0.2, 0.25) is 0 Å². The monoisotopic (exact) mass is 262 g/mol. The summed E-state index contributed by atoms with van der Waals surface area (Å²) >= 11 is 0. The van der Waals surface area contributed by atoms with Crippen LogP contribution in [0.5, 0.6) is 0 Å². The molecule has 2 heterocycles. The molecule has 2 aromatic heterocycles. The number of anilines is 2. The number of para-hydroxylation sites is 1. The molecule has 2 N–H and O–H groups in total. The van der Waals surface area contributed by atoms with Gasteiger partial charge in [0.15, 0.2) is 0 Å². The lowest BCUT2D eigenvalue weighted by molar-refractivity contribution is 1.08. The molecule has 0 aliphatic heterocycles. The van der Waals surface area contributed by atoms with Gasteiger partial charge >= 0.3 is 0 Å². The third-order valence-corrected chi connectivity index (χ3v) is 2.68. The molecule has 0 saturated carbocycles. The van der Waals surface area contributed by atoms with Crippen LogP contribution < -0.4 is 5.32 Å². The van der Waals surface area contributed by atoms with E-state index in [1.807, 2.05) is 30.3 Å². The van der Waals surface area contributed by atoms with Gasteiger partial charge in [-0.05, 0) is 18.2 Å². The van der Waals surface area contributed by atoms with E-state index in [-0.39, 0.29) is 0 Å². The molecule has 3 rings (SSSR count). The minimum absolute atomic E-state index is 0.439. The Morgan fingerprint density at radius 3 is 2.80 bits per heavy atom. The first-order chi connectivity index (χ1) is 9.86. The Kier molecular flexibility index (Phi) is 3.08. The molecule has 0 saturated heterocycles. The quantitative estimate of drug-likeness (QED) is 0.711. The first-order valence-corrected chi connectivity index (χ1v) is 5.93. The molecular formula is C14H10N6. The molecule has 1 aromatic carbocycles. The number of benzene rings is 1. The minimum Gasteiger partial charge on any atom is -0.324 e. The zero-order valence-electron chi connectivity index (χ0n) is 10.4. The Hall–Kier alpha value is -3.20. The van der Waals surface area contributed by atoms with Crippen molar-refractivity contribution in [2.75, 3.05) is 5.32 Å². The van der Waals surface area contributed by atoms with Crippen LogP contribution >= 0.6 is 0 Å². The highest BCUT2D eigenvalue weighted by molar-refractivity contribution is 5.72. The summed E-state index contributed by atoms with van der Waals surface area (Å²) in [6.45, 7) is 7.09. The standard InChI is InChI=1S/C14H10N6/c1-15-12-9-17-20-13(12)11-7-8-16-14(19-11)18-10-5-3-2-4-6-10/h2-9H,(H,17,20)(H,16,18,19). The van der Waals surface area contributed by atoms with E-state index in [0.717, 1.165) is 5.69 Å². The normalized spacial score (nSPS) is 9.95. The molecule has 0 atom stereocenters. The highest BCUT2D eigenvalue weighted by Gasteiger charge is 2.09. The highest BCUT2D eigenvalue weighted by Crippen LogP contribution is 2.26. The third-order valence-electron chi connectivity index (χ3n) is 2.68. The number of rotatable bonds is 3. The van der Waals surface area contributed by atoms with Crippen molar-refractivity contribution in [2.45, 2.75) is 0 Å². The van der Waals surface area contributed by atoms with Gasteiger partial charge in [0.1, 0.15) is 0 Å². The van der Waals surface area contributed by atoms with Crippen LogP contribution in [0.1, 0.15) is 0 Å². The van der Waals surface area contributed by atoms with Gasteiger partial charge in [-0.2, -0.15) is 5.10 Å². The third kappa shape index (κ3) is 2.33. The van der Waals surface area contributed by atoms with Gasteiger partial charge in [-0.25, -0.2) is 14.8 Å². The molecule has 96 valence electrons. The summed E-state index contributed by atoms with van der Waals surface area (Å²) in [5.74, 6) is 0.472. The Labute approximate surface area is 115 Å².